The van der Waals surface area contributed by atoms with Gasteiger partial charge in [0, 0.05) is 0 Å². The van der Waals surface area contributed by atoms with E-state index in [0.717, 1.165) is 22.1 Å². The van der Waals surface area contributed by atoms with Gasteiger partial charge < -0.3 is 9.47 Å². The molecule has 0 spiro atoms. The minimum Gasteiger partial charge on any atom is -0.494 e. The molecule has 1 amide bonds. The number of carbonyl (C=O) groups excluding carboxylic acids is 1. The maximum atomic E-state index is 11.8. The van der Waals surface area contributed by atoms with Crippen molar-refractivity contribution in [2.45, 2.75) is 6.92 Å². The van der Waals surface area contributed by atoms with Gasteiger partial charge in [-0.3, -0.25) is 4.79 Å². The topological polar surface area (TPSA) is 59.9 Å². The summed E-state index contributed by atoms with van der Waals surface area (Å²) in [6, 6.07) is 21.2. The Morgan fingerprint density at radius 1 is 0.962 bits per heavy atom. The molecule has 0 aliphatic carbocycles. The van der Waals surface area contributed by atoms with Crippen LogP contribution in [0.2, 0.25) is 0 Å². The van der Waals surface area contributed by atoms with Gasteiger partial charge in [0.1, 0.15) is 11.5 Å². The number of ether oxygens (including phenoxy) is 2. The molecule has 0 atom stereocenters. The lowest BCUT2D eigenvalue weighted by Crippen LogP contribution is -2.24. The SMILES string of the molecule is CCOc1ccc(C=NNC(=O)COc2ccc3ccccc3c2)cc1. The predicted molar refractivity (Wildman–Crippen MR) is 103 cm³/mol. The highest BCUT2D eigenvalue weighted by Crippen LogP contribution is 2.20. The van der Waals surface area contributed by atoms with Crippen LogP contribution < -0.4 is 14.9 Å². The van der Waals surface area contributed by atoms with E-state index < -0.39 is 0 Å². The van der Waals surface area contributed by atoms with Gasteiger partial charge in [0.15, 0.2) is 6.61 Å². The maximum Gasteiger partial charge on any atom is 0.277 e. The van der Waals surface area contributed by atoms with E-state index in [4.69, 9.17) is 9.47 Å². The van der Waals surface area contributed by atoms with Crippen LogP contribution in [0, 0.1) is 0 Å². The highest BCUT2D eigenvalue weighted by Gasteiger charge is 2.02. The van der Waals surface area contributed by atoms with E-state index in [9.17, 15) is 4.79 Å². The molecule has 0 aromatic heterocycles. The standard InChI is InChI=1S/C21H20N2O3/c1-2-25-19-10-7-16(8-11-19)14-22-23-21(24)15-26-20-12-9-17-5-3-4-6-18(17)13-20/h3-14H,2,15H2,1H3,(H,23,24). The fraction of sp³-hybridized carbons (Fsp3) is 0.143. The molecule has 1 N–H and O–H groups in total. The largest absolute Gasteiger partial charge is 0.494 e. The van der Waals surface area contributed by atoms with Gasteiger partial charge >= 0.3 is 0 Å². The van der Waals surface area contributed by atoms with E-state index in [1.807, 2.05) is 73.7 Å². The summed E-state index contributed by atoms with van der Waals surface area (Å²) in [7, 11) is 0. The quantitative estimate of drug-likeness (QED) is 0.522. The normalized spacial score (nSPS) is 10.8. The van der Waals surface area contributed by atoms with Crippen molar-refractivity contribution in [3.63, 3.8) is 0 Å². The van der Waals surface area contributed by atoms with Gasteiger partial charge in [0.25, 0.3) is 5.91 Å². The number of hydrogen-bond donors (Lipinski definition) is 1. The molecule has 0 aliphatic rings. The van der Waals surface area contributed by atoms with Gasteiger partial charge in [-0.25, -0.2) is 5.43 Å². The first kappa shape index (κ1) is 17.5. The first-order chi connectivity index (χ1) is 12.7. The Morgan fingerprint density at radius 3 is 2.46 bits per heavy atom. The summed E-state index contributed by atoms with van der Waals surface area (Å²) < 4.78 is 10.9. The van der Waals surface area contributed by atoms with Crippen molar-refractivity contribution in [2.24, 2.45) is 5.10 Å². The van der Waals surface area contributed by atoms with Gasteiger partial charge in [-0.15, -0.1) is 0 Å². The minimum absolute atomic E-state index is 0.0983. The zero-order valence-electron chi connectivity index (χ0n) is 14.5. The summed E-state index contributed by atoms with van der Waals surface area (Å²) in [5.41, 5.74) is 3.32. The van der Waals surface area contributed by atoms with Crippen molar-refractivity contribution in [3.8, 4) is 11.5 Å². The third-order valence-corrected chi connectivity index (χ3v) is 3.68. The summed E-state index contributed by atoms with van der Waals surface area (Å²) in [4.78, 5) is 11.8. The average molecular weight is 348 g/mol. The molecule has 3 aromatic rings. The van der Waals surface area contributed by atoms with E-state index in [2.05, 4.69) is 10.5 Å². The number of hydrogen-bond acceptors (Lipinski definition) is 4. The van der Waals surface area contributed by atoms with Crippen molar-refractivity contribution < 1.29 is 14.3 Å². The van der Waals surface area contributed by atoms with Crippen molar-refractivity contribution in [1.29, 1.82) is 0 Å². The maximum absolute atomic E-state index is 11.8. The van der Waals surface area contributed by atoms with Crippen LogP contribution in [0.4, 0.5) is 0 Å². The smallest absolute Gasteiger partial charge is 0.277 e. The Morgan fingerprint density at radius 2 is 1.69 bits per heavy atom. The number of fused-ring (bicyclic) bond motifs is 1. The molecule has 0 heterocycles. The van der Waals surface area contributed by atoms with E-state index in [-0.39, 0.29) is 12.5 Å². The van der Waals surface area contributed by atoms with Crippen molar-refractivity contribution in [2.75, 3.05) is 13.2 Å². The van der Waals surface area contributed by atoms with Gasteiger partial charge in [-0.05, 0) is 59.7 Å². The van der Waals surface area contributed by atoms with Gasteiger partial charge in [0.05, 0.1) is 12.8 Å². The van der Waals surface area contributed by atoms with E-state index in [1.165, 1.54) is 0 Å². The van der Waals surface area contributed by atoms with Crippen LogP contribution in [0.15, 0.2) is 71.8 Å². The third-order valence-electron chi connectivity index (χ3n) is 3.68. The summed E-state index contributed by atoms with van der Waals surface area (Å²) in [6.07, 6.45) is 1.57. The molecule has 0 bridgehead atoms. The second-order valence-corrected chi connectivity index (χ2v) is 5.59. The second kappa shape index (κ2) is 8.67. The lowest BCUT2D eigenvalue weighted by atomic mass is 10.1. The molecular weight excluding hydrogens is 328 g/mol. The van der Waals surface area contributed by atoms with Crippen LogP contribution in [0.25, 0.3) is 10.8 Å². The Balaban J connectivity index is 1.48. The lowest BCUT2D eigenvalue weighted by Gasteiger charge is -2.06. The minimum atomic E-state index is -0.319. The van der Waals surface area contributed by atoms with Crippen LogP contribution in [-0.4, -0.2) is 25.3 Å². The summed E-state index contributed by atoms with van der Waals surface area (Å²) in [5, 5.41) is 6.13. The lowest BCUT2D eigenvalue weighted by molar-refractivity contribution is -0.123. The van der Waals surface area contributed by atoms with E-state index in [0.29, 0.717) is 12.4 Å². The fourth-order valence-electron chi connectivity index (χ4n) is 2.43. The first-order valence-electron chi connectivity index (χ1n) is 8.41. The molecule has 26 heavy (non-hydrogen) atoms. The molecule has 0 unspecified atom stereocenters. The highest BCUT2D eigenvalue weighted by molar-refractivity contribution is 5.84. The van der Waals surface area contributed by atoms with Crippen LogP contribution in [0.1, 0.15) is 12.5 Å². The number of rotatable bonds is 7. The summed E-state index contributed by atoms with van der Waals surface area (Å²) in [5.74, 6) is 1.13. The van der Waals surface area contributed by atoms with E-state index in [1.54, 1.807) is 6.21 Å². The molecule has 5 nitrogen and oxygen atoms in total. The Bertz CT molecular complexity index is 905. The van der Waals surface area contributed by atoms with Crippen LogP contribution in [0.3, 0.4) is 0 Å². The molecule has 3 rings (SSSR count). The van der Waals surface area contributed by atoms with Crippen molar-refractivity contribution in [1.82, 2.24) is 5.43 Å². The molecule has 132 valence electrons. The molecule has 0 fully saturated rings. The Hall–Kier alpha value is -3.34. The summed E-state index contributed by atoms with van der Waals surface area (Å²) in [6.45, 7) is 2.46. The van der Waals surface area contributed by atoms with Crippen molar-refractivity contribution >= 4 is 22.9 Å². The number of carbonyl (C=O) groups is 1. The van der Waals surface area contributed by atoms with Gasteiger partial charge in [0.2, 0.25) is 0 Å². The molecular formula is C21H20N2O3. The molecule has 3 aromatic carbocycles. The summed E-state index contributed by atoms with van der Waals surface area (Å²) >= 11 is 0. The third kappa shape index (κ3) is 4.83. The number of nitrogens with zero attached hydrogens (tertiary/aromatic N) is 1. The first-order valence-corrected chi connectivity index (χ1v) is 8.41. The highest BCUT2D eigenvalue weighted by atomic mass is 16.5. The van der Waals surface area contributed by atoms with Crippen LogP contribution in [0.5, 0.6) is 11.5 Å². The Labute approximate surface area is 152 Å². The van der Waals surface area contributed by atoms with Crippen LogP contribution in [-0.2, 0) is 4.79 Å². The zero-order chi connectivity index (χ0) is 18.2. The van der Waals surface area contributed by atoms with Crippen molar-refractivity contribution in [3.05, 3.63) is 72.3 Å². The number of hydrazone groups is 1. The molecule has 5 heteroatoms. The number of nitrogens with one attached hydrogen (secondary N) is 1. The predicted octanol–water partition coefficient (Wildman–Crippen LogP) is 3.77. The zero-order valence-corrected chi connectivity index (χ0v) is 14.5. The molecule has 0 saturated carbocycles. The molecule has 0 saturated heterocycles. The average Bonchev–Trinajstić information content (AvgIpc) is 2.68. The van der Waals surface area contributed by atoms with E-state index >= 15 is 0 Å². The van der Waals surface area contributed by atoms with Crippen LogP contribution >= 0.6 is 0 Å². The number of amides is 1. The van der Waals surface area contributed by atoms with Gasteiger partial charge in [-0.2, -0.15) is 5.10 Å². The molecule has 0 aliphatic heterocycles. The second-order valence-electron chi connectivity index (χ2n) is 5.59. The van der Waals surface area contributed by atoms with Gasteiger partial charge in [-0.1, -0.05) is 30.3 Å². The fourth-order valence-corrected chi connectivity index (χ4v) is 2.43. The Kier molecular flexibility index (Phi) is 5.83. The molecule has 0 radical (unpaired) electrons. The number of benzene rings is 3. The monoisotopic (exact) mass is 348 g/mol.